The van der Waals surface area contributed by atoms with Gasteiger partial charge in [0.15, 0.2) is 11.5 Å². The third-order valence-corrected chi connectivity index (χ3v) is 4.14. The Hall–Kier alpha value is -2.98. The Labute approximate surface area is 154 Å². The van der Waals surface area contributed by atoms with Crippen LogP contribution in [-0.4, -0.2) is 7.11 Å². The van der Waals surface area contributed by atoms with Crippen LogP contribution in [0, 0.1) is 6.92 Å². The number of hydrogen-bond donors (Lipinski definition) is 2. The molecule has 3 aromatic rings. The molecule has 4 heteroatoms. The molecule has 0 radical (unpaired) electrons. The van der Waals surface area contributed by atoms with Crippen LogP contribution in [0.1, 0.15) is 16.7 Å². The Kier molecular flexibility index (Phi) is 6.12. The molecule has 0 heterocycles. The van der Waals surface area contributed by atoms with Crippen LogP contribution in [0.3, 0.4) is 0 Å². The summed E-state index contributed by atoms with van der Waals surface area (Å²) in [6.45, 7) is 3.25. The van der Waals surface area contributed by atoms with E-state index in [9.17, 15) is 0 Å². The van der Waals surface area contributed by atoms with Gasteiger partial charge in [0.1, 0.15) is 6.61 Å². The maximum absolute atomic E-state index is 6.00. The van der Waals surface area contributed by atoms with Crippen molar-refractivity contribution < 1.29 is 9.47 Å². The average molecular weight is 348 g/mol. The molecule has 2 N–H and O–H groups in total. The molecule has 0 unspecified atom stereocenters. The molecule has 0 saturated heterocycles. The van der Waals surface area contributed by atoms with Crippen LogP contribution in [0.5, 0.6) is 11.5 Å². The summed E-state index contributed by atoms with van der Waals surface area (Å²) in [5, 5.41) is 0. The van der Waals surface area contributed by atoms with Crippen LogP contribution < -0.4 is 20.3 Å². The van der Waals surface area contributed by atoms with Gasteiger partial charge < -0.3 is 14.9 Å². The molecule has 0 atom stereocenters. The minimum Gasteiger partial charge on any atom is -0.493 e. The largest absolute Gasteiger partial charge is 0.493 e. The number of nitrogens with one attached hydrogen (secondary N) is 2. The number of methoxy groups -OCH3 is 1. The molecule has 0 amide bonds. The first-order chi connectivity index (χ1) is 12.8. The fourth-order valence-electron chi connectivity index (χ4n) is 2.66. The van der Waals surface area contributed by atoms with E-state index in [1.54, 1.807) is 7.11 Å². The zero-order valence-electron chi connectivity index (χ0n) is 15.2. The monoisotopic (exact) mass is 348 g/mol. The van der Waals surface area contributed by atoms with Gasteiger partial charge in [0, 0.05) is 12.2 Å². The van der Waals surface area contributed by atoms with Gasteiger partial charge in [0.05, 0.1) is 7.11 Å². The van der Waals surface area contributed by atoms with E-state index in [-0.39, 0.29) is 0 Å². The number of rotatable bonds is 8. The van der Waals surface area contributed by atoms with Gasteiger partial charge in [0.2, 0.25) is 0 Å². The molecule has 0 aromatic heterocycles. The number of anilines is 1. The minimum atomic E-state index is 0.509. The van der Waals surface area contributed by atoms with E-state index in [4.69, 9.17) is 9.47 Å². The standard InChI is InChI=1S/C22H24N2O2/c1-17-13-21(25-2)22(26-16-18-9-5-3-6-10-18)14-19(17)15-23-24-20-11-7-4-8-12-20/h3-14,23-24H,15-16H2,1-2H3. The fraction of sp³-hybridized carbons (Fsp3) is 0.182. The van der Waals surface area contributed by atoms with Crippen molar-refractivity contribution in [3.63, 3.8) is 0 Å². The Balaban J connectivity index is 1.67. The van der Waals surface area contributed by atoms with Crippen molar-refractivity contribution >= 4 is 5.69 Å². The predicted octanol–water partition coefficient (Wildman–Crippen LogP) is 4.70. The van der Waals surface area contributed by atoms with Gasteiger partial charge in [-0.15, -0.1) is 0 Å². The summed E-state index contributed by atoms with van der Waals surface area (Å²) < 4.78 is 11.5. The molecule has 3 rings (SSSR count). The number of hydrazine groups is 1. The Morgan fingerprint density at radius 1 is 0.846 bits per heavy atom. The van der Waals surface area contributed by atoms with Crippen molar-refractivity contribution in [1.82, 2.24) is 5.43 Å². The lowest BCUT2D eigenvalue weighted by atomic mass is 10.1. The lowest BCUT2D eigenvalue weighted by molar-refractivity contribution is 0.284. The van der Waals surface area contributed by atoms with Crippen LogP contribution in [-0.2, 0) is 13.2 Å². The summed E-state index contributed by atoms with van der Waals surface area (Å²) >= 11 is 0. The number of aryl methyl sites for hydroxylation is 1. The quantitative estimate of drug-likeness (QED) is 0.579. The van der Waals surface area contributed by atoms with E-state index in [2.05, 4.69) is 17.8 Å². The van der Waals surface area contributed by atoms with Crippen LogP contribution in [0.15, 0.2) is 72.8 Å². The van der Waals surface area contributed by atoms with E-state index in [0.717, 1.165) is 33.9 Å². The van der Waals surface area contributed by atoms with Crippen LogP contribution in [0.25, 0.3) is 0 Å². The molecule has 0 fully saturated rings. The second kappa shape index (κ2) is 8.92. The first-order valence-corrected chi connectivity index (χ1v) is 8.64. The number of hydrogen-bond acceptors (Lipinski definition) is 4. The molecule has 0 aliphatic heterocycles. The summed E-state index contributed by atoms with van der Waals surface area (Å²) in [4.78, 5) is 0. The topological polar surface area (TPSA) is 42.5 Å². The first-order valence-electron chi connectivity index (χ1n) is 8.64. The van der Waals surface area contributed by atoms with Crippen LogP contribution in [0.4, 0.5) is 5.69 Å². The van der Waals surface area contributed by atoms with Crippen molar-refractivity contribution in [2.75, 3.05) is 12.5 Å². The van der Waals surface area contributed by atoms with Crippen molar-refractivity contribution in [3.8, 4) is 11.5 Å². The van der Waals surface area contributed by atoms with Gasteiger partial charge in [-0.1, -0.05) is 48.5 Å². The van der Waals surface area contributed by atoms with E-state index < -0.39 is 0 Å². The Bertz CT molecular complexity index is 820. The second-order valence-electron chi connectivity index (χ2n) is 6.05. The summed E-state index contributed by atoms with van der Waals surface area (Å²) in [5.74, 6) is 1.50. The molecule has 0 bridgehead atoms. The fourth-order valence-corrected chi connectivity index (χ4v) is 2.66. The van der Waals surface area contributed by atoms with Crippen molar-refractivity contribution in [1.29, 1.82) is 0 Å². The molecule has 0 saturated carbocycles. The molecule has 134 valence electrons. The van der Waals surface area contributed by atoms with E-state index in [1.807, 2.05) is 72.8 Å². The maximum Gasteiger partial charge on any atom is 0.162 e. The third-order valence-electron chi connectivity index (χ3n) is 4.14. The van der Waals surface area contributed by atoms with Gasteiger partial charge in [-0.3, -0.25) is 0 Å². The third kappa shape index (κ3) is 4.77. The number of benzene rings is 3. The summed E-state index contributed by atoms with van der Waals surface area (Å²) in [6, 6.07) is 24.2. The highest BCUT2D eigenvalue weighted by Crippen LogP contribution is 2.31. The Morgan fingerprint density at radius 3 is 2.23 bits per heavy atom. The molecule has 0 aliphatic carbocycles. The molecular weight excluding hydrogens is 324 g/mol. The molecule has 4 nitrogen and oxygen atoms in total. The normalized spacial score (nSPS) is 10.4. The second-order valence-corrected chi connectivity index (χ2v) is 6.05. The van der Waals surface area contributed by atoms with Crippen molar-refractivity contribution in [3.05, 3.63) is 89.5 Å². The van der Waals surface area contributed by atoms with E-state index in [1.165, 1.54) is 0 Å². The van der Waals surface area contributed by atoms with Gasteiger partial charge in [0.25, 0.3) is 0 Å². The zero-order valence-corrected chi connectivity index (χ0v) is 15.2. The maximum atomic E-state index is 6.00. The average Bonchev–Trinajstić information content (AvgIpc) is 2.69. The zero-order chi connectivity index (χ0) is 18.2. The summed E-state index contributed by atoms with van der Waals surface area (Å²) in [6.07, 6.45) is 0. The van der Waals surface area contributed by atoms with Gasteiger partial charge in [-0.25, -0.2) is 5.43 Å². The smallest absolute Gasteiger partial charge is 0.162 e. The number of para-hydroxylation sites is 1. The highest BCUT2D eigenvalue weighted by molar-refractivity contribution is 5.47. The number of ether oxygens (including phenoxy) is 2. The highest BCUT2D eigenvalue weighted by Gasteiger charge is 2.10. The van der Waals surface area contributed by atoms with Crippen LogP contribution in [0.2, 0.25) is 0 Å². The molecular formula is C22H24N2O2. The highest BCUT2D eigenvalue weighted by atomic mass is 16.5. The summed E-state index contributed by atoms with van der Waals surface area (Å²) in [5.41, 5.74) is 10.9. The van der Waals surface area contributed by atoms with Gasteiger partial charge in [-0.05, 0) is 47.9 Å². The molecule has 0 aliphatic rings. The van der Waals surface area contributed by atoms with Crippen LogP contribution >= 0.6 is 0 Å². The molecule has 3 aromatic carbocycles. The molecule has 26 heavy (non-hydrogen) atoms. The minimum absolute atomic E-state index is 0.509. The Morgan fingerprint density at radius 2 is 1.54 bits per heavy atom. The van der Waals surface area contributed by atoms with E-state index in [0.29, 0.717) is 13.2 Å². The lowest BCUT2D eigenvalue weighted by Gasteiger charge is -2.16. The van der Waals surface area contributed by atoms with Gasteiger partial charge in [-0.2, -0.15) is 0 Å². The lowest BCUT2D eigenvalue weighted by Crippen LogP contribution is -2.21. The van der Waals surface area contributed by atoms with Crippen molar-refractivity contribution in [2.24, 2.45) is 0 Å². The predicted molar refractivity (Wildman–Crippen MR) is 105 cm³/mol. The van der Waals surface area contributed by atoms with Gasteiger partial charge >= 0.3 is 0 Å². The van der Waals surface area contributed by atoms with E-state index >= 15 is 0 Å². The first kappa shape index (κ1) is 17.8. The SMILES string of the molecule is COc1cc(C)c(CNNc2ccccc2)cc1OCc1ccccc1. The van der Waals surface area contributed by atoms with Crippen molar-refractivity contribution in [2.45, 2.75) is 20.1 Å². The molecule has 0 spiro atoms. The summed E-state index contributed by atoms with van der Waals surface area (Å²) in [7, 11) is 1.67.